The molecule has 1 aliphatic heterocycles. The molecule has 2 aromatic heterocycles. The van der Waals surface area contributed by atoms with E-state index in [1.807, 2.05) is 28.6 Å². The van der Waals surface area contributed by atoms with E-state index >= 15 is 0 Å². The predicted molar refractivity (Wildman–Crippen MR) is 71.2 cm³/mol. The quantitative estimate of drug-likeness (QED) is 0.904. The molecule has 94 valence electrons. The smallest absolute Gasteiger partial charge is 0.339 e. The number of aromatic nitrogens is 2. The van der Waals surface area contributed by atoms with Crippen molar-refractivity contribution in [2.24, 2.45) is 0 Å². The van der Waals surface area contributed by atoms with E-state index < -0.39 is 5.97 Å². The number of nitrogens with zero attached hydrogens (tertiary/aromatic N) is 2. The van der Waals surface area contributed by atoms with E-state index in [9.17, 15) is 4.79 Å². The highest BCUT2D eigenvalue weighted by atomic mass is 32.2. The van der Waals surface area contributed by atoms with Crippen LogP contribution >= 0.6 is 11.8 Å². The van der Waals surface area contributed by atoms with Crippen molar-refractivity contribution in [3.8, 4) is 0 Å². The van der Waals surface area contributed by atoms with Crippen LogP contribution in [0.25, 0.3) is 5.65 Å². The average Bonchev–Trinajstić information content (AvgIpc) is 2.83. The molecule has 1 N–H and O–H groups in total. The van der Waals surface area contributed by atoms with Crippen molar-refractivity contribution in [3.63, 3.8) is 0 Å². The van der Waals surface area contributed by atoms with Gasteiger partial charge in [0.05, 0.1) is 5.69 Å². The second-order valence-corrected chi connectivity index (χ2v) is 5.79. The van der Waals surface area contributed by atoms with Crippen molar-refractivity contribution < 1.29 is 9.90 Å². The zero-order chi connectivity index (χ0) is 12.5. The van der Waals surface area contributed by atoms with Crippen molar-refractivity contribution in [2.45, 2.75) is 24.5 Å². The topological polar surface area (TPSA) is 54.6 Å². The van der Waals surface area contributed by atoms with E-state index in [1.165, 1.54) is 18.6 Å². The number of carboxylic acids is 1. The van der Waals surface area contributed by atoms with Crippen LogP contribution < -0.4 is 0 Å². The first-order chi connectivity index (χ1) is 8.75. The van der Waals surface area contributed by atoms with Gasteiger partial charge in [-0.05, 0) is 30.7 Å². The molecule has 1 fully saturated rings. The minimum atomic E-state index is -0.922. The molecule has 5 heteroatoms. The van der Waals surface area contributed by atoms with E-state index in [0.29, 0.717) is 10.9 Å². The van der Waals surface area contributed by atoms with Gasteiger partial charge < -0.3 is 9.51 Å². The fourth-order valence-electron chi connectivity index (χ4n) is 2.33. The van der Waals surface area contributed by atoms with Crippen LogP contribution in [0.5, 0.6) is 0 Å². The lowest BCUT2D eigenvalue weighted by Gasteiger charge is -2.18. The molecule has 0 aromatic carbocycles. The van der Waals surface area contributed by atoms with E-state index in [4.69, 9.17) is 5.11 Å². The van der Waals surface area contributed by atoms with Crippen LogP contribution in [0.3, 0.4) is 0 Å². The minimum absolute atomic E-state index is 0.268. The molecule has 0 amide bonds. The number of rotatable bonds is 2. The van der Waals surface area contributed by atoms with Gasteiger partial charge in [-0.15, -0.1) is 0 Å². The third-order valence-corrected chi connectivity index (χ3v) is 4.65. The van der Waals surface area contributed by atoms with Crippen LogP contribution in [0.4, 0.5) is 0 Å². The van der Waals surface area contributed by atoms with Crippen LogP contribution in [0.1, 0.15) is 40.6 Å². The molecule has 0 bridgehead atoms. The Morgan fingerprint density at radius 3 is 3.11 bits per heavy atom. The summed E-state index contributed by atoms with van der Waals surface area (Å²) in [5.41, 5.74) is 1.82. The van der Waals surface area contributed by atoms with Gasteiger partial charge in [-0.3, -0.25) is 0 Å². The fourth-order valence-corrected chi connectivity index (χ4v) is 3.60. The molecule has 1 atom stereocenters. The van der Waals surface area contributed by atoms with Crippen molar-refractivity contribution in [1.82, 2.24) is 9.38 Å². The average molecular weight is 262 g/mol. The molecule has 3 heterocycles. The molecule has 3 rings (SSSR count). The lowest BCUT2D eigenvalue weighted by Crippen LogP contribution is -2.02. The first kappa shape index (κ1) is 11.6. The Balaban J connectivity index is 2.04. The number of carbonyl (C=O) groups is 1. The van der Waals surface area contributed by atoms with Crippen LogP contribution in [0.2, 0.25) is 0 Å². The Labute approximate surface area is 109 Å². The number of hydrogen-bond acceptors (Lipinski definition) is 3. The highest BCUT2D eigenvalue weighted by Crippen LogP contribution is 2.37. The minimum Gasteiger partial charge on any atom is -0.478 e. The molecule has 2 aromatic rings. The summed E-state index contributed by atoms with van der Waals surface area (Å²) in [6.07, 6.45) is 7.46. The van der Waals surface area contributed by atoms with E-state index in [1.54, 1.807) is 12.1 Å². The molecule has 0 radical (unpaired) electrons. The molecule has 4 nitrogen and oxygen atoms in total. The second-order valence-electron chi connectivity index (χ2n) is 4.48. The second kappa shape index (κ2) is 4.65. The Morgan fingerprint density at radius 2 is 2.39 bits per heavy atom. The summed E-state index contributed by atoms with van der Waals surface area (Å²) in [5.74, 6) is 0.249. The summed E-state index contributed by atoms with van der Waals surface area (Å²) in [6, 6.07) is 3.35. The van der Waals surface area contributed by atoms with Gasteiger partial charge in [0.1, 0.15) is 5.56 Å². The lowest BCUT2D eigenvalue weighted by atomic mass is 10.1. The number of carboxylic acid groups (broad SMARTS) is 1. The van der Waals surface area contributed by atoms with Crippen LogP contribution in [-0.4, -0.2) is 26.2 Å². The summed E-state index contributed by atoms with van der Waals surface area (Å²) in [6.45, 7) is 0. The molecular weight excluding hydrogens is 248 g/mol. The van der Waals surface area contributed by atoms with Gasteiger partial charge in [-0.2, -0.15) is 11.8 Å². The molecule has 0 spiro atoms. The third kappa shape index (κ3) is 1.99. The van der Waals surface area contributed by atoms with Crippen molar-refractivity contribution in [1.29, 1.82) is 0 Å². The largest absolute Gasteiger partial charge is 0.478 e. The Bertz CT molecular complexity index is 588. The van der Waals surface area contributed by atoms with Gasteiger partial charge in [0, 0.05) is 17.6 Å². The summed E-state index contributed by atoms with van der Waals surface area (Å²) < 4.78 is 1.81. The Morgan fingerprint density at radius 1 is 1.50 bits per heavy atom. The predicted octanol–water partition coefficient (Wildman–Crippen LogP) is 2.99. The normalized spacial score (nSPS) is 20.1. The van der Waals surface area contributed by atoms with Gasteiger partial charge in [0.2, 0.25) is 0 Å². The van der Waals surface area contributed by atoms with E-state index in [-0.39, 0.29) is 5.56 Å². The number of hydrogen-bond donors (Lipinski definition) is 1. The molecule has 1 aliphatic rings. The van der Waals surface area contributed by atoms with E-state index in [0.717, 1.165) is 12.1 Å². The van der Waals surface area contributed by atoms with Gasteiger partial charge in [0.25, 0.3) is 0 Å². The van der Waals surface area contributed by atoms with Gasteiger partial charge >= 0.3 is 5.97 Å². The number of fused-ring (bicyclic) bond motifs is 1. The summed E-state index contributed by atoms with van der Waals surface area (Å²) in [5, 5.41) is 9.56. The van der Waals surface area contributed by atoms with Crippen molar-refractivity contribution in [3.05, 3.63) is 35.8 Å². The van der Waals surface area contributed by atoms with E-state index in [2.05, 4.69) is 4.98 Å². The molecule has 1 unspecified atom stereocenters. The summed E-state index contributed by atoms with van der Waals surface area (Å²) >= 11 is 1.92. The van der Waals surface area contributed by atoms with Crippen LogP contribution in [-0.2, 0) is 0 Å². The van der Waals surface area contributed by atoms with Crippen molar-refractivity contribution >= 4 is 23.4 Å². The number of imidazole rings is 1. The number of pyridine rings is 1. The summed E-state index contributed by atoms with van der Waals surface area (Å²) in [4.78, 5) is 15.7. The first-order valence-electron chi connectivity index (χ1n) is 6.08. The standard InChI is InChI=1S/C13H14N2O2S/c16-13(17)9-4-3-6-15-8-10(14-12(9)15)11-5-1-2-7-18-11/h3-4,6,8,11H,1-2,5,7H2,(H,16,17). The first-order valence-corrected chi connectivity index (χ1v) is 7.13. The maximum Gasteiger partial charge on any atom is 0.339 e. The summed E-state index contributed by atoms with van der Waals surface area (Å²) in [7, 11) is 0. The number of aromatic carboxylic acids is 1. The number of thioether (sulfide) groups is 1. The highest BCUT2D eigenvalue weighted by Gasteiger charge is 2.20. The zero-order valence-electron chi connectivity index (χ0n) is 9.87. The van der Waals surface area contributed by atoms with Crippen molar-refractivity contribution in [2.75, 3.05) is 5.75 Å². The van der Waals surface area contributed by atoms with Crippen LogP contribution in [0, 0.1) is 0 Å². The molecule has 0 saturated carbocycles. The SMILES string of the molecule is O=C(O)c1cccn2cc(C3CCCCS3)nc12. The monoisotopic (exact) mass is 262 g/mol. The zero-order valence-corrected chi connectivity index (χ0v) is 10.7. The molecule has 1 saturated heterocycles. The maximum atomic E-state index is 11.1. The Kier molecular flexibility index (Phi) is 2.99. The van der Waals surface area contributed by atoms with Gasteiger partial charge in [0.15, 0.2) is 5.65 Å². The molecule has 0 aliphatic carbocycles. The molecular formula is C13H14N2O2S. The lowest BCUT2D eigenvalue weighted by molar-refractivity contribution is 0.0698. The Hall–Kier alpha value is -1.49. The maximum absolute atomic E-state index is 11.1. The highest BCUT2D eigenvalue weighted by molar-refractivity contribution is 7.99. The fraction of sp³-hybridized carbons (Fsp3) is 0.385. The van der Waals surface area contributed by atoms with Gasteiger partial charge in [-0.25, -0.2) is 9.78 Å². The molecule has 18 heavy (non-hydrogen) atoms. The van der Waals surface area contributed by atoms with Gasteiger partial charge in [-0.1, -0.05) is 6.42 Å². The third-order valence-electron chi connectivity index (χ3n) is 3.24. The van der Waals surface area contributed by atoms with Crippen LogP contribution in [0.15, 0.2) is 24.5 Å².